The Labute approximate surface area is 159 Å². The van der Waals surface area contributed by atoms with Crippen LogP contribution < -0.4 is 10.6 Å². The van der Waals surface area contributed by atoms with Crippen LogP contribution in [0.3, 0.4) is 0 Å². The molecule has 1 unspecified atom stereocenters. The number of nitrogens with zero attached hydrogens (tertiary/aromatic N) is 1. The minimum atomic E-state index is -0.597. The Morgan fingerprint density at radius 2 is 1.81 bits per heavy atom. The molecule has 2 aliphatic rings. The number of carbonyl (C=O) groups excluding carboxylic acids is 3. The van der Waals surface area contributed by atoms with E-state index in [4.69, 9.17) is 4.42 Å². The zero-order valence-electron chi connectivity index (χ0n) is 15.9. The Kier molecular flexibility index (Phi) is 6.53. The lowest BCUT2D eigenvalue weighted by Crippen LogP contribution is -2.52. The molecule has 1 atom stereocenters. The lowest BCUT2D eigenvalue weighted by Gasteiger charge is -2.34. The average Bonchev–Trinajstić information content (AvgIpc) is 3.23. The first-order valence-corrected chi connectivity index (χ1v) is 9.97. The van der Waals surface area contributed by atoms with Gasteiger partial charge in [-0.2, -0.15) is 0 Å². The molecule has 0 aromatic carbocycles. The second kappa shape index (κ2) is 9.06. The van der Waals surface area contributed by atoms with Crippen LogP contribution in [0.15, 0.2) is 23.0 Å². The number of rotatable bonds is 5. The highest BCUT2D eigenvalue weighted by molar-refractivity contribution is 5.97. The molecule has 1 aliphatic heterocycles. The number of carbonyl (C=O) groups is 3. The van der Waals surface area contributed by atoms with E-state index in [-0.39, 0.29) is 29.7 Å². The molecule has 0 radical (unpaired) electrons. The zero-order valence-corrected chi connectivity index (χ0v) is 15.9. The number of nitrogens with one attached hydrogen (secondary N) is 2. The van der Waals surface area contributed by atoms with Gasteiger partial charge in [0.2, 0.25) is 11.8 Å². The van der Waals surface area contributed by atoms with E-state index < -0.39 is 6.04 Å². The molecule has 0 spiro atoms. The standard InChI is InChI=1S/C20H29N3O4/c1-14(21-19(25)16-9-12-27-13-16)20(26)23-10-7-17(8-11-23)22-18(24)15-5-3-2-4-6-15/h9,12-15,17H,2-8,10-11H2,1H3,(H,21,25)(H,22,24). The van der Waals surface area contributed by atoms with Crippen LogP contribution in [0.5, 0.6) is 0 Å². The van der Waals surface area contributed by atoms with Crippen molar-refractivity contribution in [1.29, 1.82) is 0 Å². The molecule has 1 saturated carbocycles. The number of furan rings is 1. The van der Waals surface area contributed by atoms with Crippen LogP contribution in [0.2, 0.25) is 0 Å². The Morgan fingerprint density at radius 1 is 1.11 bits per heavy atom. The van der Waals surface area contributed by atoms with E-state index in [0.29, 0.717) is 18.7 Å². The molecule has 1 aromatic rings. The first-order valence-electron chi connectivity index (χ1n) is 9.97. The third-order valence-corrected chi connectivity index (χ3v) is 5.63. The first kappa shape index (κ1) is 19.5. The fraction of sp³-hybridized carbons (Fsp3) is 0.650. The number of amides is 3. The summed E-state index contributed by atoms with van der Waals surface area (Å²) in [6, 6.07) is 1.10. The van der Waals surface area contributed by atoms with E-state index in [1.807, 2.05) is 0 Å². The van der Waals surface area contributed by atoms with Crippen molar-refractivity contribution in [2.24, 2.45) is 5.92 Å². The normalized spacial score (nSPS) is 20.1. The Balaban J connectivity index is 1.42. The van der Waals surface area contributed by atoms with E-state index in [0.717, 1.165) is 38.5 Å². The molecule has 1 saturated heterocycles. The van der Waals surface area contributed by atoms with E-state index >= 15 is 0 Å². The molecule has 148 valence electrons. The maximum Gasteiger partial charge on any atom is 0.255 e. The van der Waals surface area contributed by atoms with Gasteiger partial charge in [-0.05, 0) is 38.7 Å². The highest BCUT2D eigenvalue weighted by Gasteiger charge is 2.29. The van der Waals surface area contributed by atoms with Gasteiger partial charge in [0.1, 0.15) is 12.3 Å². The maximum atomic E-state index is 12.6. The maximum absolute atomic E-state index is 12.6. The van der Waals surface area contributed by atoms with Crippen LogP contribution in [0.4, 0.5) is 0 Å². The Hall–Kier alpha value is -2.31. The van der Waals surface area contributed by atoms with Gasteiger partial charge in [0.25, 0.3) is 5.91 Å². The largest absolute Gasteiger partial charge is 0.472 e. The fourth-order valence-electron chi connectivity index (χ4n) is 3.94. The van der Waals surface area contributed by atoms with Crippen molar-refractivity contribution in [3.05, 3.63) is 24.2 Å². The van der Waals surface area contributed by atoms with Crippen LogP contribution in [0, 0.1) is 5.92 Å². The lowest BCUT2D eigenvalue weighted by molar-refractivity contribution is -0.134. The van der Waals surface area contributed by atoms with Gasteiger partial charge in [-0.3, -0.25) is 14.4 Å². The Bertz CT molecular complexity index is 644. The van der Waals surface area contributed by atoms with Gasteiger partial charge in [0.15, 0.2) is 0 Å². The Morgan fingerprint density at radius 3 is 2.44 bits per heavy atom. The highest BCUT2D eigenvalue weighted by atomic mass is 16.3. The molecule has 3 amide bonds. The summed E-state index contributed by atoms with van der Waals surface area (Å²) < 4.78 is 4.89. The predicted octanol–water partition coefficient (Wildman–Crippen LogP) is 2.09. The molecule has 0 bridgehead atoms. The fourth-order valence-corrected chi connectivity index (χ4v) is 3.94. The molecule has 2 fully saturated rings. The first-order chi connectivity index (χ1) is 13.0. The lowest BCUT2D eigenvalue weighted by atomic mass is 9.88. The van der Waals surface area contributed by atoms with E-state index in [2.05, 4.69) is 10.6 Å². The second-order valence-electron chi connectivity index (χ2n) is 7.65. The van der Waals surface area contributed by atoms with Gasteiger partial charge in [-0.1, -0.05) is 19.3 Å². The molecule has 3 rings (SSSR count). The molecule has 7 heteroatoms. The highest BCUT2D eigenvalue weighted by Crippen LogP contribution is 2.24. The molecular formula is C20H29N3O4. The number of piperidine rings is 1. The summed E-state index contributed by atoms with van der Waals surface area (Å²) in [4.78, 5) is 38.8. The number of likely N-dealkylation sites (tertiary alicyclic amines) is 1. The SMILES string of the molecule is CC(NC(=O)c1ccoc1)C(=O)N1CCC(NC(=O)C2CCCCC2)CC1. The van der Waals surface area contributed by atoms with Crippen molar-refractivity contribution < 1.29 is 18.8 Å². The molecular weight excluding hydrogens is 346 g/mol. The van der Waals surface area contributed by atoms with Crippen molar-refractivity contribution in [3.8, 4) is 0 Å². The van der Waals surface area contributed by atoms with Crippen molar-refractivity contribution in [2.45, 2.75) is 64.0 Å². The van der Waals surface area contributed by atoms with Gasteiger partial charge in [-0.15, -0.1) is 0 Å². The summed E-state index contributed by atoms with van der Waals surface area (Å²) in [7, 11) is 0. The van der Waals surface area contributed by atoms with Crippen molar-refractivity contribution >= 4 is 17.7 Å². The molecule has 1 aliphatic carbocycles. The quantitative estimate of drug-likeness (QED) is 0.824. The minimum Gasteiger partial charge on any atom is -0.472 e. The summed E-state index contributed by atoms with van der Waals surface area (Å²) in [6.45, 7) is 2.89. The van der Waals surface area contributed by atoms with Crippen molar-refractivity contribution in [2.75, 3.05) is 13.1 Å². The summed E-state index contributed by atoms with van der Waals surface area (Å²) in [5, 5.41) is 5.88. The summed E-state index contributed by atoms with van der Waals surface area (Å²) in [5.41, 5.74) is 0.402. The minimum absolute atomic E-state index is 0.0936. The van der Waals surface area contributed by atoms with E-state index in [9.17, 15) is 14.4 Å². The number of hydrogen-bond donors (Lipinski definition) is 2. The van der Waals surface area contributed by atoms with E-state index in [1.165, 1.54) is 18.9 Å². The average molecular weight is 375 g/mol. The monoisotopic (exact) mass is 375 g/mol. The van der Waals surface area contributed by atoms with Gasteiger partial charge in [0.05, 0.1) is 11.8 Å². The van der Waals surface area contributed by atoms with Gasteiger partial charge in [-0.25, -0.2) is 0 Å². The van der Waals surface area contributed by atoms with Crippen LogP contribution >= 0.6 is 0 Å². The van der Waals surface area contributed by atoms with Crippen molar-refractivity contribution in [1.82, 2.24) is 15.5 Å². The molecule has 2 N–H and O–H groups in total. The van der Waals surface area contributed by atoms with Crippen LogP contribution in [-0.4, -0.2) is 47.8 Å². The molecule has 7 nitrogen and oxygen atoms in total. The summed E-state index contributed by atoms with van der Waals surface area (Å²) >= 11 is 0. The zero-order chi connectivity index (χ0) is 19.2. The third kappa shape index (κ3) is 5.11. The van der Waals surface area contributed by atoms with Gasteiger partial charge < -0.3 is 20.0 Å². The molecule has 1 aromatic heterocycles. The molecule has 27 heavy (non-hydrogen) atoms. The number of hydrogen-bond acceptors (Lipinski definition) is 4. The van der Waals surface area contributed by atoms with Crippen LogP contribution in [-0.2, 0) is 9.59 Å². The second-order valence-corrected chi connectivity index (χ2v) is 7.65. The van der Waals surface area contributed by atoms with Gasteiger partial charge in [0, 0.05) is 25.0 Å². The third-order valence-electron chi connectivity index (χ3n) is 5.63. The topological polar surface area (TPSA) is 91.7 Å². The van der Waals surface area contributed by atoms with Gasteiger partial charge >= 0.3 is 0 Å². The summed E-state index contributed by atoms with van der Waals surface area (Å²) in [6.07, 6.45) is 9.81. The van der Waals surface area contributed by atoms with E-state index in [1.54, 1.807) is 17.9 Å². The van der Waals surface area contributed by atoms with Crippen LogP contribution in [0.25, 0.3) is 0 Å². The van der Waals surface area contributed by atoms with Crippen molar-refractivity contribution in [3.63, 3.8) is 0 Å². The molecule has 2 heterocycles. The van der Waals surface area contributed by atoms with Crippen LogP contribution in [0.1, 0.15) is 62.2 Å². The predicted molar refractivity (Wildman–Crippen MR) is 100.0 cm³/mol. The smallest absolute Gasteiger partial charge is 0.255 e. The summed E-state index contributed by atoms with van der Waals surface area (Å²) in [5.74, 6) is -0.0695.